The minimum absolute atomic E-state index is 0. The molecule has 1 spiro atoms. The van der Waals surface area contributed by atoms with E-state index >= 15 is 0 Å². The summed E-state index contributed by atoms with van der Waals surface area (Å²) in [5.74, 6) is -1.96. The third kappa shape index (κ3) is 23.7. The summed E-state index contributed by atoms with van der Waals surface area (Å²) >= 11 is 4.60. The van der Waals surface area contributed by atoms with Crippen LogP contribution in [0.4, 0.5) is 45.9 Å². The van der Waals surface area contributed by atoms with Crippen LogP contribution in [0, 0.1) is 27.9 Å². The number of anilines is 4. The van der Waals surface area contributed by atoms with Gasteiger partial charge in [0.05, 0.1) is 26.7 Å². The summed E-state index contributed by atoms with van der Waals surface area (Å²) in [6.07, 6.45) is 11.9. The predicted molar refractivity (Wildman–Crippen MR) is 523 cm³/mol. The highest BCUT2D eigenvalue weighted by molar-refractivity contribution is 8.02. The van der Waals surface area contributed by atoms with Crippen LogP contribution in [0.2, 0.25) is 0 Å². The van der Waals surface area contributed by atoms with Crippen LogP contribution in [-0.2, 0) is 54.7 Å². The van der Waals surface area contributed by atoms with Crippen molar-refractivity contribution >= 4 is 112 Å². The highest BCUT2D eigenvalue weighted by Crippen LogP contribution is 2.52. The average Bonchev–Trinajstić information content (AvgIpc) is 1.60. The first-order valence-electron chi connectivity index (χ1n) is 47.6. The molecule has 29 heteroatoms. The third-order valence-corrected chi connectivity index (χ3v) is 32.7. The number of piperidine rings is 5. The maximum atomic E-state index is 14.8. The van der Waals surface area contributed by atoms with Crippen LogP contribution < -0.4 is 20.9 Å². The maximum absolute atomic E-state index is 14.8. The van der Waals surface area contributed by atoms with Gasteiger partial charge in [0, 0.05) is 187 Å². The SMILES string of the molecule is CC(C)(C)CCN1C(=O)C(CC(=O)N2CCC(N3CCc4ccccc4NC3=O)CC2)SC12CCN(Cc1ccccc1)CC2.CC(C)(C)CCN1C(=O)C(CC(=O)N2CCC(N3CCc4ccccc4NC3=O)CC2)SC1c1cccc(F)c1F.CC(C)(C)CCN1C(=O)C(CC(=O)N2CCC(N3Cc4ccccc4NC3=O)CC2)SC1c1ccccc1N1CCC(O)CC1.[HH].[HH].[HH]. The molecule has 0 radical (unpaired) electrons. The second-order valence-electron chi connectivity index (χ2n) is 40.9. The van der Waals surface area contributed by atoms with Gasteiger partial charge in [-0.1, -0.05) is 178 Å². The summed E-state index contributed by atoms with van der Waals surface area (Å²) in [5.41, 5.74) is 9.83. The molecule has 12 amide bonds. The molecule has 0 bridgehead atoms. The summed E-state index contributed by atoms with van der Waals surface area (Å²) in [5, 5.41) is 16.9. The molecule has 5 atom stereocenters. The van der Waals surface area contributed by atoms with Crippen molar-refractivity contribution in [3.05, 3.63) is 191 Å². The number of nitrogens with one attached hydrogen (secondary N) is 3. The molecule has 6 aromatic carbocycles. The molecule has 0 saturated carbocycles. The molecule has 6 aromatic rings. The van der Waals surface area contributed by atoms with E-state index in [0.717, 1.165) is 167 Å². The average molecular weight is 1860 g/mol. The highest BCUT2D eigenvalue weighted by atomic mass is 32.2. The minimum atomic E-state index is -0.951. The highest BCUT2D eigenvalue weighted by Gasteiger charge is 2.54. The number of urea groups is 3. The Labute approximate surface area is 789 Å². The molecule has 11 heterocycles. The summed E-state index contributed by atoms with van der Waals surface area (Å²) in [7, 11) is 0. The van der Waals surface area contributed by atoms with Crippen molar-refractivity contribution in [3.63, 3.8) is 0 Å². The molecule has 8 saturated heterocycles. The van der Waals surface area contributed by atoms with Crippen LogP contribution in [0.5, 0.6) is 0 Å². The monoisotopic (exact) mass is 1860 g/mol. The molecule has 4 N–H and O–H groups in total. The first-order valence-corrected chi connectivity index (χ1v) is 50.4. The van der Waals surface area contributed by atoms with Gasteiger partial charge in [0.25, 0.3) is 0 Å². The van der Waals surface area contributed by atoms with Gasteiger partial charge in [-0.15, -0.1) is 35.3 Å². The lowest BCUT2D eigenvalue weighted by Crippen LogP contribution is -2.52. The van der Waals surface area contributed by atoms with E-state index in [1.165, 1.54) is 29.5 Å². The van der Waals surface area contributed by atoms with Crippen LogP contribution in [0.3, 0.4) is 0 Å². The Hall–Kier alpha value is -9.42. The summed E-state index contributed by atoms with van der Waals surface area (Å²) in [6.45, 7) is 31.0. The van der Waals surface area contributed by atoms with E-state index in [4.69, 9.17) is 0 Å². The van der Waals surface area contributed by atoms with Gasteiger partial charge in [-0.2, -0.15) is 0 Å². The van der Waals surface area contributed by atoms with Crippen molar-refractivity contribution < 1.29 is 61.3 Å². The molecule has 0 aromatic heterocycles. The summed E-state index contributed by atoms with van der Waals surface area (Å²) in [4.78, 5) is 143. The molecule has 0 aliphatic carbocycles. The van der Waals surface area contributed by atoms with E-state index in [1.54, 1.807) is 33.3 Å². The third-order valence-electron chi connectivity index (χ3n) is 28.1. The predicted octanol–water partition coefficient (Wildman–Crippen LogP) is 17.8. The number of hydrogen-bond donors (Lipinski definition) is 4. The number of aliphatic hydroxyl groups excluding tert-OH is 1. The Kier molecular flexibility index (Phi) is 30.8. The Bertz CT molecular complexity index is 5070. The standard InChI is InChI=1S/C36H49N5O3S.C35H47N5O4S.C31H38F2N4O3S.3H2/c1-35(2,3)16-24-41-33(43)31(45-36(41)17-22-38(23-18-36)26-27-9-5-4-6-10-27)25-32(42)39-19-14-29(15-20-39)40-21-13-28-11-7-8-12-30(28)37-34(40)44;1-35(2,3)16-21-39-32(43)30(45-33(39)27-9-5-7-11-29(27)37-19-14-26(41)15-20-37)22-31(42)38-17-12-25(13-18-38)40-23-24-8-4-6-10-28(24)36-34(40)44;1-31(2,3)14-18-37-28(39)25(41-29(37)22-8-6-9-23(32)27(22)33)19-26(38)35-15-12-21(13-16-35)36-17-11-20-7-4-5-10-24(20)34-30(36)40;;;/h4-12,29,31H,13-26H2,1-3H3,(H,37,44);4-11,25-26,30,33,41H,12-23H2,1-3H3,(H,36,44);4-10,21,25,29H,11-19H2,1-3H3,(H,34,40);3*1H. The van der Waals surface area contributed by atoms with Gasteiger partial charge in [0.2, 0.25) is 35.4 Å². The molecule has 131 heavy (non-hydrogen) atoms. The number of halogens is 2. The Morgan fingerprint density at radius 1 is 0.435 bits per heavy atom. The first kappa shape index (κ1) is 96.2. The van der Waals surface area contributed by atoms with Gasteiger partial charge in [-0.25, -0.2) is 23.2 Å². The van der Waals surface area contributed by atoms with Crippen molar-refractivity contribution in [2.75, 3.05) is 119 Å². The number of likely N-dealkylation sites (tertiary alicyclic amines) is 4. The first-order chi connectivity index (χ1) is 62.7. The zero-order chi connectivity index (χ0) is 92.6. The molecule has 17 rings (SSSR count). The molecular formula is C102H140F2N14O10S3. The number of carbonyl (C=O) groups is 9. The lowest BCUT2D eigenvalue weighted by Gasteiger charge is -2.44. The molecule has 5 unspecified atom stereocenters. The number of aliphatic hydroxyl groups is 1. The van der Waals surface area contributed by atoms with E-state index < -0.39 is 27.5 Å². The van der Waals surface area contributed by atoms with Gasteiger partial charge >= 0.3 is 18.1 Å². The van der Waals surface area contributed by atoms with Crippen LogP contribution >= 0.6 is 35.3 Å². The minimum Gasteiger partial charge on any atom is -0.393 e. The van der Waals surface area contributed by atoms with E-state index in [0.29, 0.717) is 91.3 Å². The van der Waals surface area contributed by atoms with Gasteiger partial charge in [-0.3, -0.25) is 33.7 Å². The fraction of sp³-hybridized carbons (Fsp3) is 0.559. The quantitative estimate of drug-likeness (QED) is 0.0555. The summed E-state index contributed by atoms with van der Waals surface area (Å²) in [6, 6.07) is 46.7. The Balaban J connectivity index is 0.000000179. The van der Waals surface area contributed by atoms with Crippen LogP contribution in [0.1, 0.15) is 213 Å². The number of fused-ring (bicyclic) bond motifs is 3. The van der Waals surface area contributed by atoms with Crippen LogP contribution in [0.25, 0.3) is 0 Å². The van der Waals surface area contributed by atoms with E-state index in [-0.39, 0.29) is 139 Å². The largest absolute Gasteiger partial charge is 0.393 e. The number of para-hydroxylation sites is 4. The van der Waals surface area contributed by atoms with Gasteiger partial charge in [0.15, 0.2) is 11.6 Å². The van der Waals surface area contributed by atoms with Crippen LogP contribution in [-0.4, -0.2) is 251 Å². The Morgan fingerprint density at radius 3 is 1.33 bits per heavy atom. The van der Waals surface area contributed by atoms with Crippen LogP contribution in [0.15, 0.2) is 146 Å². The molecule has 11 aliphatic heterocycles. The van der Waals surface area contributed by atoms with Crippen molar-refractivity contribution in [2.24, 2.45) is 16.2 Å². The normalized spacial score (nSPS) is 22.8. The molecule has 24 nitrogen and oxygen atoms in total. The molecule has 8 fully saturated rings. The van der Waals surface area contributed by atoms with E-state index in [2.05, 4.69) is 141 Å². The molecule has 710 valence electrons. The summed E-state index contributed by atoms with van der Waals surface area (Å²) < 4.78 is 28.9. The van der Waals surface area contributed by atoms with Crippen molar-refractivity contribution in [2.45, 2.75) is 247 Å². The number of carbonyl (C=O) groups excluding carboxylic acids is 9. The number of hydrogen-bond acceptors (Lipinski definition) is 15. The fourth-order valence-electron chi connectivity index (χ4n) is 20.2. The van der Waals surface area contributed by atoms with Gasteiger partial charge in [-0.05, 0) is 165 Å². The molecular weight excluding hydrogens is 1720 g/mol. The maximum Gasteiger partial charge on any atom is 0.322 e. The second-order valence-corrected chi connectivity index (χ2v) is 45.0. The topological polar surface area (TPSA) is 246 Å². The lowest BCUT2D eigenvalue weighted by atomic mass is 9.91. The number of rotatable bonds is 20. The zero-order valence-corrected chi connectivity index (χ0v) is 80.3. The second kappa shape index (κ2) is 42.0. The van der Waals surface area contributed by atoms with Crippen molar-refractivity contribution in [1.29, 1.82) is 0 Å². The number of thioether (sulfide) groups is 3. The van der Waals surface area contributed by atoms with E-state index in [1.807, 2.05) is 108 Å². The number of benzene rings is 6. The number of amides is 12. The lowest BCUT2D eigenvalue weighted by molar-refractivity contribution is -0.138. The molecule has 11 aliphatic rings. The zero-order valence-electron chi connectivity index (χ0n) is 77.8. The van der Waals surface area contributed by atoms with Crippen molar-refractivity contribution in [3.8, 4) is 0 Å². The smallest absolute Gasteiger partial charge is 0.322 e. The van der Waals surface area contributed by atoms with E-state index in [9.17, 15) is 57.0 Å². The van der Waals surface area contributed by atoms with Gasteiger partial charge < -0.3 is 70.1 Å². The van der Waals surface area contributed by atoms with Gasteiger partial charge in [0.1, 0.15) is 10.7 Å². The number of nitrogens with zero attached hydrogens (tertiary/aromatic N) is 11. The fourth-order valence-corrected chi connectivity index (χ4v) is 24.9. The van der Waals surface area contributed by atoms with Crippen molar-refractivity contribution in [1.82, 2.24) is 49.0 Å². The Morgan fingerprint density at radius 2 is 0.840 bits per heavy atom.